The predicted octanol–water partition coefficient (Wildman–Crippen LogP) is 3.51. The molecule has 1 nitrogen and oxygen atoms in total. The fraction of sp³-hybridized carbons (Fsp3) is 0.357. The number of hydrogen-bond donors (Lipinski definition) is 0. The Morgan fingerprint density at radius 1 is 1.05 bits per heavy atom. The standard InChI is InChI=1S/C14H13O.ClH.2H3P.Pd/c15-9-13-11-6-7-12(8-11)14(13)10-4-2-1-3-5-10;;;;/h1-7,11-14H,8H2;1H;2*1H3;/q-1;;;;+2/p-1/t11-,12+,13+,14-;;;;/m1..../s1. The van der Waals surface area contributed by atoms with Crippen LogP contribution >= 0.6 is 29.3 Å². The van der Waals surface area contributed by atoms with Crippen molar-refractivity contribution in [3.63, 3.8) is 0 Å². The summed E-state index contributed by atoms with van der Waals surface area (Å²) < 4.78 is 0. The van der Waals surface area contributed by atoms with Gasteiger partial charge in [-0.05, 0) is 29.7 Å². The first-order chi connectivity index (χ1) is 8.40. The van der Waals surface area contributed by atoms with Crippen molar-refractivity contribution in [2.45, 2.75) is 12.3 Å². The topological polar surface area (TPSA) is 17.1 Å². The molecule has 3 rings (SSSR count). The van der Waals surface area contributed by atoms with Gasteiger partial charge in [0.15, 0.2) is 0 Å². The molecule has 0 saturated heterocycles. The predicted molar refractivity (Wildman–Crippen MR) is 87.2 cm³/mol. The third-order valence-electron chi connectivity index (χ3n) is 3.78. The average Bonchev–Trinajstić information content (AvgIpc) is 3.02. The number of halogens is 1. The van der Waals surface area contributed by atoms with Crippen LogP contribution in [0.5, 0.6) is 0 Å². The van der Waals surface area contributed by atoms with Crippen molar-refractivity contribution >= 4 is 35.6 Å². The zero-order valence-corrected chi connectivity index (χ0v) is 15.7. The molecule has 0 aliphatic heterocycles. The van der Waals surface area contributed by atoms with Crippen LogP contribution in [0.2, 0.25) is 0 Å². The van der Waals surface area contributed by atoms with E-state index in [0.29, 0.717) is 17.8 Å². The van der Waals surface area contributed by atoms with Crippen LogP contribution in [0.1, 0.15) is 17.9 Å². The van der Waals surface area contributed by atoms with Crippen molar-refractivity contribution in [3.05, 3.63) is 48.0 Å². The minimum atomic E-state index is 0. The maximum absolute atomic E-state index is 11.0. The third kappa shape index (κ3) is 3.97. The van der Waals surface area contributed by atoms with E-state index in [-0.39, 0.29) is 25.7 Å². The first-order valence-electron chi connectivity index (χ1n) is 5.63. The molecule has 2 unspecified atom stereocenters. The second-order valence-electron chi connectivity index (χ2n) is 4.53. The van der Waals surface area contributed by atoms with Crippen LogP contribution in [0.25, 0.3) is 0 Å². The summed E-state index contributed by atoms with van der Waals surface area (Å²) in [6, 6.07) is 10.4. The van der Waals surface area contributed by atoms with Gasteiger partial charge in [-0.25, -0.2) is 0 Å². The molecule has 5 heteroatoms. The van der Waals surface area contributed by atoms with Crippen LogP contribution in [0, 0.1) is 17.8 Å². The molecule has 0 spiro atoms. The molecule has 0 N–H and O–H groups in total. The van der Waals surface area contributed by atoms with E-state index < -0.39 is 0 Å². The molecule has 108 valence electrons. The average molecular weight is 407 g/mol. The normalized spacial score (nSPS) is 29.6. The van der Waals surface area contributed by atoms with E-state index in [9.17, 15) is 4.79 Å². The Morgan fingerprint density at radius 3 is 2.21 bits per heavy atom. The molecule has 6 atom stereocenters. The number of allylic oxidation sites excluding steroid dienone is 2. The van der Waals surface area contributed by atoms with Gasteiger partial charge in [-0.1, -0.05) is 42.5 Å². The Hall–Kier alpha value is 0.442. The van der Waals surface area contributed by atoms with Gasteiger partial charge in [0.2, 0.25) is 0 Å². The van der Waals surface area contributed by atoms with E-state index in [0.717, 1.165) is 6.42 Å². The Kier molecular flexibility index (Phi) is 9.61. The summed E-state index contributed by atoms with van der Waals surface area (Å²) in [5.41, 5.74) is 1.29. The molecular weight excluding hydrogens is 388 g/mol. The van der Waals surface area contributed by atoms with Crippen LogP contribution in [-0.4, -0.2) is 6.29 Å². The number of hydrogen-bond acceptors (Lipinski definition) is 1. The quantitative estimate of drug-likeness (QED) is 0.318. The molecule has 19 heavy (non-hydrogen) atoms. The summed E-state index contributed by atoms with van der Waals surface area (Å²) in [7, 11) is 4.49. The van der Waals surface area contributed by atoms with Crippen molar-refractivity contribution in [2.24, 2.45) is 17.8 Å². The van der Waals surface area contributed by atoms with E-state index in [2.05, 4.69) is 58.3 Å². The molecule has 0 heterocycles. The molecule has 2 aliphatic rings. The molecule has 1 aromatic carbocycles. The van der Waals surface area contributed by atoms with E-state index >= 15 is 0 Å². The molecule has 0 aromatic heterocycles. The molecule has 2 aliphatic carbocycles. The second-order valence-corrected chi connectivity index (χ2v) is 4.53. The minimum absolute atomic E-state index is 0. The molecule has 1 aromatic rings. The molecular formula is C14H19ClOP2Pd. The van der Waals surface area contributed by atoms with Crippen molar-refractivity contribution < 1.29 is 23.0 Å². The zero-order valence-electron chi connectivity index (χ0n) is 10.6. The van der Waals surface area contributed by atoms with Crippen molar-refractivity contribution in [3.8, 4) is 0 Å². The van der Waals surface area contributed by atoms with E-state index in [1.54, 1.807) is 0 Å². The van der Waals surface area contributed by atoms with Crippen molar-refractivity contribution in [1.29, 1.82) is 0 Å². The summed E-state index contributed by atoms with van der Waals surface area (Å²) in [5, 5.41) is 0. The van der Waals surface area contributed by atoms with Gasteiger partial charge in [0.25, 0.3) is 0 Å². The first-order valence-corrected chi connectivity index (χ1v) is 7.63. The Morgan fingerprint density at radius 2 is 1.63 bits per heavy atom. The summed E-state index contributed by atoms with van der Waals surface area (Å²) in [5.74, 6) is 1.46. The van der Waals surface area contributed by atoms with Gasteiger partial charge in [-0.2, -0.15) is 19.8 Å². The Labute approximate surface area is 136 Å². The molecule has 0 amide bonds. The van der Waals surface area contributed by atoms with Gasteiger partial charge in [0.1, 0.15) is 0 Å². The Balaban J connectivity index is 0.000000776. The third-order valence-corrected chi connectivity index (χ3v) is 3.78. The summed E-state index contributed by atoms with van der Waals surface area (Å²) in [6.07, 6.45) is 7.85. The number of fused-ring (bicyclic) bond motifs is 2. The fourth-order valence-corrected chi connectivity index (χ4v) is 3.11. The van der Waals surface area contributed by atoms with Gasteiger partial charge < -0.3 is 4.79 Å². The monoisotopic (exact) mass is 406 g/mol. The van der Waals surface area contributed by atoms with E-state index in [4.69, 9.17) is 0 Å². The summed E-state index contributed by atoms with van der Waals surface area (Å²) in [6.45, 7) is 0. The van der Waals surface area contributed by atoms with Crippen LogP contribution in [-0.2, 0) is 23.0 Å². The van der Waals surface area contributed by atoms with Crippen LogP contribution in [0.15, 0.2) is 42.5 Å². The number of benzene rings is 1. The van der Waals surface area contributed by atoms with Gasteiger partial charge in [-0.15, -0.1) is 5.92 Å². The summed E-state index contributed by atoms with van der Waals surface area (Å²) >= 11 is 2.22. The van der Waals surface area contributed by atoms with E-state index in [1.165, 1.54) is 5.56 Å². The van der Waals surface area contributed by atoms with Gasteiger partial charge in [-0.3, -0.25) is 6.29 Å². The number of carbonyl (C=O) groups excluding carboxylic acids is 1. The molecule has 1 saturated carbocycles. The van der Waals surface area contributed by atoms with Gasteiger partial charge in [0, 0.05) is 0 Å². The van der Waals surface area contributed by atoms with Crippen LogP contribution in [0.3, 0.4) is 0 Å². The molecule has 0 radical (unpaired) electrons. The van der Waals surface area contributed by atoms with Crippen LogP contribution in [0.4, 0.5) is 0 Å². The maximum atomic E-state index is 11.0. The SMILES string of the molecule is O=[C-][C@@H]1[C@H](c2ccccc2)[C@H]2C=C[C@@H]1C2.P.P.[Cl][Pd+]. The van der Waals surface area contributed by atoms with Gasteiger partial charge >= 0.3 is 27.7 Å². The molecule has 1 fully saturated rings. The van der Waals surface area contributed by atoms with Crippen molar-refractivity contribution in [2.75, 3.05) is 0 Å². The fourth-order valence-electron chi connectivity index (χ4n) is 3.11. The van der Waals surface area contributed by atoms with Crippen LogP contribution < -0.4 is 0 Å². The molecule has 2 bridgehead atoms. The summed E-state index contributed by atoms with van der Waals surface area (Å²) in [4.78, 5) is 11.0. The Bertz CT molecular complexity index is 413. The van der Waals surface area contributed by atoms with Gasteiger partial charge in [0.05, 0.1) is 0 Å². The van der Waals surface area contributed by atoms with Crippen molar-refractivity contribution in [1.82, 2.24) is 0 Å². The number of rotatable bonds is 2. The first kappa shape index (κ1) is 19.4. The second kappa shape index (κ2) is 9.39. The van der Waals surface area contributed by atoms with E-state index in [1.807, 2.05) is 18.2 Å². The zero-order chi connectivity index (χ0) is 12.3.